The van der Waals surface area contributed by atoms with Crippen LogP contribution in [0.2, 0.25) is 0 Å². The van der Waals surface area contributed by atoms with Gasteiger partial charge in [-0.2, -0.15) is 0 Å². The summed E-state index contributed by atoms with van der Waals surface area (Å²) in [7, 11) is 7.12. The molecule has 0 aromatic heterocycles. The van der Waals surface area contributed by atoms with E-state index in [-0.39, 0.29) is 36.3 Å². The predicted molar refractivity (Wildman–Crippen MR) is 223 cm³/mol. The molecule has 2 aliphatic rings. The van der Waals surface area contributed by atoms with Crippen LogP contribution in [0.1, 0.15) is 112 Å². The molecule has 2 fully saturated rings. The molecule has 1 aliphatic carbocycles. The third-order valence-corrected chi connectivity index (χ3v) is 8.69. The first-order valence-corrected chi connectivity index (χ1v) is 19.5. The summed E-state index contributed by atoms with van der Waals surface area (Å²) in [6.07, 6.45) is 6.98. The molecule has 54 heavy (non-hydrogen) atoms. The Balaban J connectivity index is 0.000000931. The van der Waals surface area contributed by atoms with E-state index < -0.39 is 23.9 Å². The van der Waals surface area contributed by atoms with Crippen molar-refractivity contribution in [3.63, 3.8) is 0 Å². The summed E-state index contributed by atoms with van der Waals surface area (Å²) in [5.41, 5.74) is 6.29. The van der Waals surface area contributed by atoms with Crippen LogP contribution in [-0.4, -0.2) is 101 Å². The maximum absolute atomic E-state index is 13.2. The van der Waals surface area contributed by atoms with Crippen LogP contribution in [0.25, 0.3) is 0 Å². The van der Waals surface area contributed by atoms with E-state index in [1.54, 1.807) is 21.0 Å². The van der Waals surface area contributed by atoms with Crippen molar-refractivity contribution in [1.82, 2.24) is 25.8 Å². The van der Waals surface area contributed by atoms with Crippen molar-refractivity contribution in [3.05, 3.63) is 60.4 Å². The van der Waals surface area contributed by atoms with E-state index in [2.05, 4.69) is 64.5 Å². The maximum Gasteiger partial charge on any atom is 0.254 e. The molecule has 1 aromatic rings. The number of aliphatic hydroxyl groups is 1. The average Bonchev–Trinajstić information content (AvgIpc) is 3.56. The molecule has 5 atom stereocenters. The number of carbonyl (C=O) groups excluding carboxylic acids is 4. The molecule has 5 unspecified atom stereocenters. The zero-order valence-corrected chi connectivity index (χ0v) is 35.7. The largest absolute Gasteiger partial charge is 0.390 e. The molecule has 0 bridgehead atoms. The van der Waals surface area contributed by atoms with Gasteiger partial charge in [0.15, 0.2) is 6.10 Å². The summed E-state index contributed by atoms with van der Waals surface area (Å²) >= 11 is 0. The number of likely N-dealkylation sites (N-methyl/N-ethyl adjacent to an activating group) is 1. The fourth-order valence-corrected chi connectivity index (χ4v) is 5.82. The van der Waals surface area contributed by atoms with Gasteiger partial charge in [-0.05, 0) is 70.7 Å². The Bertz CT molecular complexity index is 1320. The van der Waals surface area contributed by atoms with Gasteiger partial charge < -0.3 is 41.3 Å². The standard InChI is InChI=1S/C22H39N2O3P.C14H19N3O2.C3H8.C2H5NO/c1-14(23-18(16(3)28)13-17-9-7-10-17)19-11-8-12-24(19)21(26)20(15(2)25)27-22(4,5)6;1-11(9-15-10-18)16-13(14(19)17(2)3)12-7-5-4-6-8-12;1-3-2;1-2(3)4/h15,17-20,23,25,28H,1,7-13H2,2-6H3;4-8,10,13,16H,1,9H2,2-3H3,(H,15,18);3H2,1-2H3;1H3,(H2,3,4). The molecule has 4 amide bonds. The number of primary amides is 1. The van der Waals surface area contributed by atoms with E-state index in [9.17, 15) is 24.3 Å². The zero-order valence-electron chi connectivity index (χ0n) is 34.7. The van der Waals surface area contributed by atoms with E-state index >= 15 is 0 Å². The first kappa shape index (κ1) is 50.3. The van der Waals surface area contributed by atoms with Crippen molar-refractivity contribution >= 4 is 38.3 Å². The maximum atomic E-state index is 13.2. The van der Waals surface area contributed by atoms with Crippen LogP contribution < -0.4 is 21.7 Å². The van der Waals surface area contributed by atoms with Gasteiger partial charge in [0.2, 0.25) is 18.2 Å². The van der Waals surface area contributed by atoms with Crippen molar-refractivity contribution in [2.24, 2.45) is 11.7 Å². The lowest BCUT2D eigenvalue weighted by atomic mass is 9.80. The molecule has 13 heteroatoms. The molecule has 1 saturated heterocycles. The van der Waals surface area contributed by atoms with Crippen molar-refractivity contribution in [2.75, 3.05) is 27.2 Å². The van der Waals surface area contributed by atoms with Gasteiger partial charge >= 0.3 is 0 Å². The lowest BCUT2D eigenvalue weighted by Gasteiger charge is -2.36. The first-order chi connectivity index (χ1) is 25.2. The molecule has 1 heterocycles. The number of ether oxygens (including phenoxy) is 1. The second-order valence-electron chi connectivity index (χ2n) is 15.2. The predicted octanol–water partition coefficient (Wildman–Crippen LogP) is 5.11. The van der Waals surface area contributed by atoms with Crippen LogP contribution in [0, 0.1) is 5.92 Å². The van der Waals surface area contributed by atoms with Crippen LogP contribution >= 0.6 is 8.86 Å². The number of nitrogens with two attached hydrogens (primary N) is 1. The number of nitrogens with one attached hydrogen (secondary N) is 3. The average molecular weight is 775 g/mol. The minimum atomic E-state index is -0.863. The minimum Gasteiger partial charge on any atom is -0.390 e. The van der Waals surface area contributed by atoms with Gasteiger partial charge in [-0.1, -0.05) is 83.0 Å². The van der Waals surface area contributed by atoms with Crippen molar-refractivity contribution in [3.8, 4) is 0 Å². The summed E-state index contributed by atoms with van der Waals surface area (Å²) < 4.78 is 5.89. The summed E-state index contributed by atoms with van der Waals surface area (Å²) in [6, 6.07) is 9.05. The SMILES string of the molecule is C=C(CNC=O)NC(C(=O)N(C)C)c1ccccc1.C=C(NC(CC1CCC1)C(C)=P)C1CCCN1C(=O)C(OC(C)(C)C)C(C)O.CC(N)=O.CCC. The second-order valence-corrected chi connectivity index (χ2v) is 15.9. The Labute approximate surface area is 327 Å². The molecular weight excluding hydrogens is 703 g/mol. The van der Waals surface area contributed by atoms with Crippen LogP contribution in [0.15, 0.2) is 54.9 Å². The normalized spacial score (nSPS) is 17.0. The van der Waals surface area contributed by atoms with Gasteiger partial charge in [-0.15, -0.1) is 8.86 Å². The van der Waals surface area contributed by atoms with Crippen molar-refractivity contribution < 1.29 is 29.0 Å². The van der Waals surface area contributed by atoms with Gasteiger partial charge in [0.25, 0.3) is 5.91 Å². The molecule has 6 N–H and O–H groups in total. The number of amides is 4. The van der Waals surface area contributed by atoms with Gasteiger partial charge in [0.1, 0.15) is 6.04 Å². The quantitative estimate of drug-likeness (QED) is 0.114. The van der Waals surface area contributed by atoms with Gasteiger partial charge in [0, 0.05) is 39.0 Å². The third-order valence-electron chi connectivity index (χ3n) is 8.34. The van der Waals surface area contributed by atoms with Crippen LogP contribution in [-0.2, 0) is 23.9 Å². The van der Waals surface area contributed by atoms with Crippen molar-refractivity contribution in [2.45, 2.75) is 136 Å². The number of aliphatic hydroxyl groups excluding tert-OH is 1. The highest BCUT2D eigenvalue weighted by atomic mass is 31.0. The number of nitrogens with zero attached hydrogens (tertiary/aromatic N) is 2. The summed E-state index contributed by atoms with van der Waals surface area (Å²) in [5, 5.41) is 20.5. The van der Waals surface area contributed by atoms with Crippen LogP contribution in [0.5, 0.6) is 0 Å². The Kier molecular flexibility index (Phi) is 24.3. The summed E-state index contributed by atoms with van der Waals surface area (Å²) in [4.78, 5) is 48.2. The van der Waals surface area contributed by atoms with Gasteiger partial charge in [-0.3, -0.25) is 19.2 Å². The Morgan fingerprint density at radius 1 is 1.07 bits per heavy atom. The van der Waals surface area contributed by atoms with E-state index in [0.717, 1.165) is 36.4 Å². The smallest absolute Gasteiger partial charge is 0.254 e. The molecule has 0 radical (unpaired) electrons. The van der Waals surface area contributed by atoms with Crippen LogP contribution in [0.4, 0.5) is 0 Å². The number of hydrogen-bond acceptors (Lipinski definition) is 8. The van der Waals surface area contributed by atoms with E-state index in [4.69, 9.17) is 4.74 Å². The highest BCUT2D eigenvalue weighted by Crippen LogP contribution is 2.32. The van der Waals surface area contributed by atoms with Crippen LogP contribution in [0.3, 0.4) is 0 Å². The minimum absolute atomic E-state index is 0.0628. The molecule has 3 rings (SSSR count). The fraction of sp³-hybridized carbons (Fsp3) is 0.634. The summed E-state index contributed by atoms with van der Waals surface area (Å²) in [6.45, 7) is 24.0. The van der Waals surface area contributed by atoms with Gasteiger partial charge in [-0.25, -0.2) is 0 Å². The summed E-state index contributed by atoms with van der Waals surface area (Å²) in [5.74, 6) is 0.223. The van der Waals surface area contributed by atoms with Crippen molar-refractivity contribution in [1.29, 1.82) is 0 Å². The molecule has 1 saturated carbocycles. The van der Waals surface area contributed by atoms with E-state index in [0.29, 0.717) is 18.7 Å². The second kappa shape index (κ2) is 26.1. The lowest BCUT2D eigenvalue weighted by molar-refractivity contribution is -0.164. The lowest BCUT2D eigenvalue weighted by Crippen LogP contribution is -2.52. The first-order valence-electron chi connectivity index (χ1n) is 19.0. The van der Waals surface area contributed by atoms with Gasteiger partial charge in [0.05, 0.1) is 30.3 Å². The third kappa shape index (κ3) is 20.1. The molecule has 1 aromatic carbocycles. The zero-order chi connectivity index (χ0) is 41.6. The highest BCUT2D eigenvalue weighted by Gasteiger charge is 2.39. The molecule has 12 nitrogen and oxygen atoms in total. The number of benzene rings is 1. The van der Waals surface area contributed by atoms with E-state index in [1.165, 1.54) is 42.8 Å². The monoisotopic (exact) mass is 775 g/mol. The Morgan fingerprint density at radius 2 is 1.63 bits per heavy atom. The molecule has 306 valence electrons. The number of likely N-dealkylation sites (tertiary alicyclic amines) is 1. The number of hydrogen-bond donors (Lipinski definition) is 5. The highest BCUT2D eigenvalue weighted by molar-refractivity contribution is 7.21. The molecule has 1 aliphatic heterocycles. The number of rotatable bonds is 16. The topological polar surface area (TPSA) is 166 Å². The Morgan fingerprint density at radius 3 is 2.06 bits per heavy atom. The van der Waals surface area contributed by atoms with E-state index in [1.807, 2.05) is 56.0 Å². The Hall–Kier alpha value is -3.73. The molecular formula is C41H71N6O6P. The number of carbonyl (C=O) groups is 4. The fourth-order valence-electron chi connectivity index (χ4n) is 5.63. The molecule has 0 spiro atoms.